The second-order valence-corrected chi connectivity index (χ2v) is 3.94. The van der Waals surface area contributed by atoms with Crippen molar-refractivity contribution in [2.75, 3.05) is 7.05 Å². The molecule has 0 aromatic carbocycles. The SMILES string of the molecule is CNC1(c2noc(C(C)C)n2)CC1. The Morgan fingerprint density at radius 1 is 1.46 bits per heavy atom. The second kappa shape index (κ2) is 2.80. The molecule has 72 valence electrons. The maximum absolute atomic E-state index is 5.15. The minimum atomic E-state index is 0.0244. The number of nitrogens with one attached hydrogen (secondary N) is 1. The lowest BCUT2D eigenvalue weighted by atomic mass is 10.2. The van der Waals surface area contributed by atoms with Gasteiger partial charge in [-0.2, -0.15) is 4.98 Å². The van der Waals surface area contributed by atoms with Crippen molar-refractivity contribution < 1.29 is 4.52 Å². The average molecular weight is 181 g/mol. The molecule has 0 atom stereocenters. The number of hydrogen-bond donors (Lipinski definition) is 1. The molecule has 4 nitrogen and oxygen atoms in total. The summed E-state index contributed by atoms with van der Waals surface area (Å²) in [4.78, 5) is 4.37. The van der Waals surface area contributed by atoms with Crippen LogP contribution in [0.1, 0.15) is 44.3 Å². The third-order valence-electron chi connectivity index (χ3n) is 2.59. The van der Waals surface area contributed by atoms with Crippen LogP contribution in [0.15, 0.2) is 4.52 Å². The normalized spacial score (nSPS) is 19.4. The Morgan fingerprint density at radius 3 is 2.54 bits per heavy atom. The first kappa shape index (κ1) is 8.69. The lowest BCUT2D eigenvalue weighted by Gasteiger charge is -2.06. The maximum atomic E-state index is 5.15. The molecular formula is C9H15N3O. The molecular weight excluding hydrogens is 166 g/mol. The summed E-state index contributed by atoms with van der Waals surface area (Å²) in [6.45, 7) is 4.10. The summed E-state index contributed by atoms with van der Waals surface area (Å²) in [6, 6.07) is 0. The van der Waals surface area contributed by atoms with Crippen LogP contribution in [0.2, 0.25) is 0 Å². The first-order valence-electron chi connectivity index (χ1n) is 4.71. The Balaban J connectivity index is 2.23. The van der Waals surface area contributed by atoms with Gasteiger partial charge in [0.15, 0.2) is 5.82 Å². The summed E-state index contributed by atoms with van der Waals surface area (Å²) in [5.74, 6) is 1.86. The van der Waals surface area contributed by atoms with E-state index in [0.29, 0.717) is 5.92 Å². The number of rotatable bonds is 3. The van der Waals surface area contributed by atoms with E-state index in [-0.39, 0.29) is 5.54 Å². The number of aromatic nitrogens is 2. The van der Waals surface area contributed by atoms with Crippen LogP contribution in [0.3, 0.4) is 0 Å². The minimum absolute atomic E-state index is 0.0244. The van der Waals surface area contributed by atoms with Gasteiger partial charge in [-0.15, -0.1) is 0 Å². The fraction of sp³-hybridized carbons (Fsp3) is 0.778. The van der Waals surface area contributed by atoms with Gasteiger partial charge >= 0.3 is 0 Å². The lowest BCUT2D eigenvalue weighted by molar-refractivity contribution is 0.353. The van der Waals surface area contributed by atoms with Crippen molar-refractivity contribution in [3.63, 3.8) is 0 Å². The van der Waals surface area contributed by atoms with E-state index in [1.54, 1.807) is 0 Å². The second-order valence-electron chi connectivity index (χ2n) is 3.94. The first-order valence-corrected chi connectivity index (χ1v) is 4.71. The number of nitrogens with zero attached hydrogens (tertiary/aromatic N) is 2. The van der Waals surface area contributed by atoms with Crippen LogP contribution >= 0.6 is 0 Å². The monoisotopic (exact) mass is 181 g/mol. The zero-order valence-corrected chi connectivity index (χ0v) is 8.29. The molecule has 1 heterocycles. The van der Waals surface area contributed by atoms with Crippen molar-refractivity contribution in [1.82, 2.24) is 15.5 Å². The van der Waals surface area contributed by atoms with Gasteiger partial charge in [0.25, 0.3) is 0 Å². The van der Waals surface area contributed by atoms with Crippen LogP contribution in [0.25, 0.3) is 0 Å². The van der Waals surface area contributed by atoms with Gasteiger partial charge in [-0.25, -0.2) is 0 Å². The summed E-state index contributed by atoms with van der Waals surface area (Å²) in [6.07, 6.45) is 2.22. The zero-order chi connectivity index (χ0) is 9.47. The standard InChI is InChI=1S/C9H15N3O/c1-6(2)7-11-8(12-13-7)9(10-3)4-5-9/h6,10H,4-5H2,1-3H3. The van der Waals surface area contributed by atoms with Crippen LogP contribution < -0.4 is 5.32 Å². The van der Waals surface area contributed by atoms with Gasteiger partial charge in [0.1, 0.15) is 0 Å². The molecule has 1 fully saturated rings. The third kappa shape index (κ3) is 1.35. The quantitative estimate of drug-likeness (QED) is 0.765. The molecule has 1 aromatic rings. The van der Waals surface area contributed by atoms with Crippen molar-refractivity contribution in [3.05, 3.63) is 11.7 Å². The van der Waals surface area contributed by atoms with Gasteiger partial charge in [0, 0.05) is 5.92 Å². The fourth-order valence-corrected chi connectivity index (χ4v) is 1.37. The molecule has 2 rings (SSSR count). The Hall–Kier alpha value is -0.900. The van der Waals surface area contributed by atoms with Crippen LogP contribution in [-0.2, 0) is 5.54 Å². The summed E-state index contributed by atoms with van der Waals surface area (Å²) in [5, 5.41) is 7.23. The topological polar surface area (TPSA) is 51.0 Å². The van der Waals surface area contributed by atoms with Gasteiger partial charge in [-0.3, -0.25) is 0 Å². The summed E-state index contributed by atoms with van der Waals surface area (Å²) >= 11 is 0. The highest BCUT2D eigenvalue weighted by atomic mass is 16.5. The van der Waals surface area contributed by atoms with Crippen molar-refractivity contribution in [3.8, 4) is 0 Å². The lowest BCUT2D eigenvalue weighted by Crippen LogP contribution is -2.25. The third-order valence-corrected chi connectivity index (χ3v) is 2.59. The average Bonchev–Trinajstić information content (AvgIpc) is 2.75. The molecule has 1 aromatic heterocycles. The highest BCUT2D eigenvalue weighted by Gasteiger charge is 2.47. The van der Waals surface area contributed by atoms with Crippen LogP contribution in [0.5, 0.6) is 0 Å². The van der Waals surface area contributed by atoms with Crippen LogP contribution in [0, 0.1) is 0 Å². The smallest absolute Gasteiger partial charge is 0.229 e. The summed E-state index contributed by atoms with van der Waals surface area (Å²) in [5.41, 5.74) is 0.0244. The largest absolute Gasteiger partial charge is 0.339 e. The van der Waals surface area contributed by atoms with Gasteiger partial charge < -0.3 is 9.84 Å². The molecule has 0 saturated heterocycles. The predicted molar refractivity (Wildman–Crippen MR) is 48.4 cm³/mol. The van der Waals surface area contributed by atoms with E-state index in [0.717, 1.165) is 24.6 Å². The van der Waals surface area contributed by atoms with Gasteiger partial charge in [-0.1, -0.05) is 19.0 Å². The van der Waals surface area contributed by atoms with E-state index >= 15 is 0 Å². The first-order chi connectivity index (χ1) is 6.18. The molecule has 0 amide bonds. The maximum Gasteiger partial charge on any atom is 0.229 e. The van der Waals surface area contributed by atoms with Crippen molar-refractivity contribution in [2.24, 2.45) is 0 Å². The molecule has 13 heavy (non-hydrogen) atoms. The molecule has 0 unspecified atom stereocenters. The number of hydrogen-bond acceptors (Lipinski definition) is 4. The van der Waals surface area contributed by atoms with E-state index < -0.39 is 0 Å². The minimum Gasteiger partial charge on any atom is -0.339 e. The van der Waals surface area contributed by atoms with Gasteiger partial charge in [0.05, 0.1) is 5.54 Å². The molecule has 1 aliphatic carbocycles. The Kier molecular flexibility index (Phi) is 1.87. The van der Waals surface area contributed by atoms with E-state index in [1.165, 1.54) is 0 Å². The Morgan fingerprint density at radius 2 is 2.15 bits per heavy atom. The predicted octanol–water partition coefficient (Wildman–Crippen LogP) is 1.40. The van der Waals surface area contributed by atoms with E-state index in [2.05, 4.69) is 29.3 Å². The summed E-state index contributed by atoms with van der Waals surface area (Å²) in [7, 11) is 1.94. The highest BCUT2D eigenvalue weighted by molar-refractivity contribution is 5.15. The van der Waals surface area contributed by atoms with E-state index in [9.17, 15) is 0 Å². The van der Waals surface area contributed by atoms with Crippen molar-refractivity contribution in [2.45, 2.75) is 38.1 Å². The van der Waals surface area contributed by atoms with Crippen molar-refractivity contribution >= 4 is 0 Å². The Labute approximate surface area is 77.7 Å². The molecule has 0 bridgehead atoms. The van der Waals surface area contributed by atoms with Gasteiger partial charge in [0.2, 0.25) is 5.89 Å². The fourth-order valence-electron chi connectivity index (χ4n) is 1.37. The van der Waals surface area contributed by atoms with Crippen molar-refractivity contribution in [1.29, 1.82) is 0 Å². The molecule has 1 saturated carbocycles. The van der Waals surface area contributed by atoms with E-state index in [4.69, 9.17) is 4.52 Å². The van der Waals surface area contributed by atoms with E-state index in [1.807, 2.05) is 7.05 Å². The molecule has 1 N–H and O–H groups in total. The highest BCUT2D eigenvalue weighted by Crippen LogP contribution is 2.43. The molecule has 0 aliphatic heterocycles. The molecule has 4 heteroatoms. The van der Waals surface area contributed by atoms with Crippen LogP contribution in [-0.4, -0.2) is 17.2 Å². The van der Waals surface area contributed by atoms with Gasteiger partial charge in [-0.05, 0) is 19.9 Å². The Bertz CT molecular complexity index is 302. The molecule has 1 aliphatic rings. The molecule has 0 radical (unpaired) electrons. The zero-order valence-electron chi connectivity index (χ0n) is 8.29. The van der Waals surface area contributed by atoms with Crippen LogP contribution in [0.4, 0.5) is 0 Å². The summed E-state index contributed by atoms with van der Waals surface area (Å²) < 4.78 is 5.15. The molecule has 0 spiro atoms.